The molecule has 1 aliphatic heterocycles. The lowest BCUT2D eigenvalue weighted by Gasteiger charge is -2.27. The molecule has 3 rings (SSSR count). The molecule has 1 aromatic heterocycles. The van der Waals surface area contributed by atoms with Gasteiger partial charge in [0.15, 0.2) is 11.9 Å². The maximum atomic E-state index is 12.9. The van der Waals surface area contributed by atoms with E-state index in [0.717, 1.165) is 18.5 Å². The quantitative estimate of drug-likeness (QED) is 0.784. The molecule has 1 saturated heterocycles. The molecular weight excluding hydrogens is 316 g/mol. The van der Waals surface area contributed by atoms with Crippen molar-refractivity contribution in [1.29, 1.82) is 0 Å². The Kier molecular flexibility index (Phi) is 5.12. The molecule has 1 amide bonds. The first kappa shape index (κ1) is 17.1. The van der Waals surface area contributed by atoms with Gasteiger partial charge in [-0.1, -0.05) is 18.2 Å². The van der Waals surface area contributed by atoms with Crippen LogP contribution in [0.3, 0.4) is 0 Å². The molecule has 1 fully saturated rings. The first-order chi connectivity index (χ1) is 12.1. The zero-order chi connectivity index (χ0) is 17.8. The molecular formula is C20H22N2O3. The fourth-order valence-electron chi connectivity index (χ4n) is 3.19. The van der Waals surface area contributed by atoms with E-state index in [1.54, 1.807) is 37.4 Å². The van der Waals surface area contributed by atoms with Crippen LogP contribution in [-0.2, 0) is 4.79 Å². The molecule has 2 aromatic rings. The molecule has 2 atom stereocenters. The van der Waals surface area contributed by atoms with Gasteiger partial charge in [-0.2, -0.15) is 0 Å². The highest BCUT2D eigenvalue weighted by Gasteiger charge is 2.33. The molecule has 25 heavy (non-hydrogen) atoms. The van der Waals surface area contributed by atoms with Gasteiger partial charge in [-0.3, -0.25) is 14.6 Å². The van der Waals surface area contributed by atoms with Crippen LogP contribution in [-0.4, -0.2) is 34.2 Å². The molecule has 0 aliphatic carbocycles. The van der Waals surface area contributed by atoms with E-state index in [9.17, 15) is 9.59 Å². The minimum atomic E-state index is -0.619. The second kappa shape index (κ2) is 7.47. The van der Waals surface area contributed by atoms with Gasteiger partial charge in [0, 0.05) is 18.3 Å². The molecule has 2 heterocycles. The predicted octanol–water partition coefficient (Wildman–Crippen LogP) is 3.42. The zero-order valence-corrected chi connectivity index (χ0v) is 14.5. The number of carbonyl (C=O) groups excluding carboxylic acids is 2. The Balaban J connectivity index is 1.71. The number of carbonyl (C=O) groups is 2. The number of hydrogen-bond donors (Lipinski definition) is 0. The summed E-state index contributed by atoms with van der Waals surface area (Å²) in [5, 5.41) is 0. The Bertz CT molecular complexity index is 761. The van der Waals surface area contributed by atoms with Crippen molar-refractivity contribution in [2.45, 2.75) is 38.8 Å². The predicted molar refractivity (Wildman–Crippen MR) is 94.5 cm³/mol. The van der Waals surface area contributed by atoms with Crippen LogP contribution in [0.15, 0.2) is 48.7 Å². The molecule has 1 aromatic carbocycles. The summed E-state index contributed by atoms with van der Waals surface area (Å²) in [7, 11) is 0. The normalized spacial score (nSPS) is 18.0. The van der Waals surface area contributed by atoms with Crippen LogP contribution in [0.25, 0.3) is 0 Å². The Labute approximate surface area is 147 Å². The van der Waals surface area contributed by atoms with Crippen LogP contribution in [0.1, 0.15) is 48.8 Å². The zero-order valence-electron chi connectivity index (χ0n) is 14.5. The highest BCUT2D eigenvalue weighted by Crippen LogP contribution is 2.31. The molecule has 5 nitrogen and oxygen atoms in total. The number of Topliss-reactive ketones (excluding diaryl/α,β-unsaturated/α-hetero) is 1. The summed E-state index contributed by atoms with van der Waals surface area (Å²) in [6.45, 7) is 3.97. The maximum absolute atomic E-state index is 12.9. The molecule has 1 aliphatic rings. The summed E-state index contributed by atoms with van der Waals surface area (Å²) >= 11 is 0. The van der Waals surface area contributed by atoms with Crippen LogP contribution >= 0.6 is 0 Å². The van der Waals surface area contributed by atoms with E-state index in [1.807, 2.05) is 23.1 Å². The average Bonchev–Trinajstić information content (AvgIpc) is 3.11. The first-order valence-electron chi connectivity index (χ1n) is 8.55. The van der Waals surface area contributed by atoms with E-state index in [-0.39, 0.29) is 17.7 Å². The van der Waals surface area contributed by atoms with Crippen molar-refractivity contribution in [3.05, 3.63) is 59.9 Å². The standard InChI is InChI=1S/C20H22N2O3/c1-14(23)16-7-5-8-17(13-16)25-15(2)20(24)22-12-6-10-19(22)18-9-3-4-11-21-18/h3-5,7-9,11,13,15,19H,6,10,12H2,1-2H3/t15-,19-/m0/s1. The van der Waals surface area contributed by atoms with Crippen molar-refractivity contribution in [2.24, 2.45) is 0 Å². The highest BCUT2D eigenvalue weighted by atomic mass is 16.5. The van der Waals surface area contributed by atoms with Crippen molar-refractivity contribution in [3.8, 4) is 5.75 Å². The summed E-state index contributed by atoms with van der Waals surface area (Å²) in [4.78, 5) is 30.6. The fourth-order valence-corrected chi connectivity index (χ4v) is 3.19. The monoisotopic (exact) mass is 338 g/mol. The second-order valence-corrected chi connectivity index (χ2v) is 6.29. The van der Waals surface area contributed by atoms with Crippen LogP contribution in [0, 0.1) is 0 Å². The van der Waals surface area contributed by atoms with Crippen molar-refractivity contribution < 1.29 is 14.3 Å². The summed E-state index contributed by atoms with van der Waals surface area (Å²) < 4.78 is 5.80. The van der Waals surface area contributed by atoms with Crippen molar-refractivity contribution in [3.63, 3.8) is 0 Å². The van der Waals surface area contributed by atoms with E-state index in [0.29, 0.717) is 17.9 Å². The number of likely N-dealkylation sites (tertiary alicyclic amines) is 1. The molecule has 0 unspecified atom stereocenters. The second-order valence-electron chi connectivity index (χ2n) is 6.29. The number of amides is 1. The minimum Gasteiger partial charge on any atom is -0.481 e. The molecule has 0 saturated carbocycles. The molecule has 130 valence electrons. The van der Waals surface area contributed by atoms with Gasteiger partial charge in [-0.15, -0.1) is 0 Å². The van der Waals surface area contributed by atoms with Gasteiger partial charge in [-0.25, -0.2) is 0 Å². The van der Waals surface area contributed by atoms with Gasteiger partial charge in [-0.05, 0) is 51.0 Å². The average molecular weight is 338 g/mol. The number of aromatic nitrogens is 1. The summed E-state index contributed by atoms with van der Waals surface area (Å²) in [5.74, 6) is 0.447. The number of rotatable bonds is 5. The summed E-state index contributed by atoms with van der Waals surface area (Å²) in [6.07, 6.45) is 3.00. The number of pyridine rings is 1. The Morgan fingerprint density at radius 3 is 2.80 bits per heavy atom. The molecule has 0 radical (unpaired) electrons. The number of ether oxygens (including phenoxy) is 1. The summed E-state index contributed by atoms with van der Waals surface area (Å²) in [6, 6.07) is 12.7. The summed E-state index contributed by atoms with van der Waals surface area (Å²) in [5.41, 5.74) is 1.49. The Morgan fingerprint density at radius 2 is 2.08 bits per heavy atom. The Morgan fingerprint density at radius 1 is 1.24 bits per heavy atom. The maximum Gasteiger partial charge on any atom is 0.263 e. The van der Waals surface area contributed by atoms with E-state index in [4.69, 9.17) is 4.74 Å². The Hall–Kier alpha value is -2.69. The topological polar surface area (TPSA) is 59.5 Å². The molecule has 0 bridgehead atoms. The number of benzene rings is 1. The van der Waals surface area contributed by atoms with Crippen LogP contribution in [0.5, 0.6) is 5.75 Å². The lowest BCUT2D eigenvalue weighted by Crippen LogP contribution is -2.40. The van der Waals surface area contributed by atoms with Gasteiger partial charge >= 0.3 is 0 Å². The molecule has 0 spiro atoms. The van der Waals surface area contributed by atoms with Gasteiger partial charge < -0.3 is 9.64 Å². The van der Waals surface area contributed by atoms with E-state index < -0.39 is 6.10 Å². The number of ketones is 1. The smallest absolute Gasteiger partial charge is 0.263 e. The van der Waals surface area contributed by atoms with E-state index in [1.165, 1.54) is 6.92 Å². The third-order valence-electron chi connectivity index (χ3n) is 4.47. The van der Waals surface area contributed by atoms with Crippen molar-refractivity contribution in [2.75, 3.05) is 6.54 Å². The lowest BCUT2D eigenvalue weighted by atomic mass is 10.1. The van der Waals surface area contributed by atoms with Crippen molar-refractivity contribution in [1.82, 2.24) is 9.88 Å². The van der Waals surface area contributed by atoms with Gasteiger partial charge in [0.1, 0.15) is 5.75 Å². The highest BCUT2D eigenvalue weighted by molar-refractivity contribution is 5.94. The molecule has 0 N–H and O–H groups in total. The third kappa shape index (κ3) is 3.87. The van der Waals surface area contributed by atoms with Gasteiger partial charge in [0.05, 0.1) is 11.7 Å². The number of nitrogens with zero attached hydrogens (tertiary/aromatic N) is 2. The fraction of sp³-hybridized carbons (Fsp3) is 0.350. The third-order valence-corrected chi connectivity index (χ3v) is 4.47. The van der Waals surface area contributed by atoms with Crippen molar-refractivity contribution >= 4 is 11.7 Å². The lowest BCUT2D eigenvalue weighted by molar-refractivity contribution is -0.139. The first-order valence-corrected chi connectivity index (χ1v) is 8.55. The van der Waals surface area contributed by atoms with E-state index in [2.05, 4.69) is 4.98 Å². The number of hydrogen-bond acceptors (Lipinski definition) is 4. The van der Waals surface area contributed by atoms with E-state index >= 15 is 0 Å². The molecule has 5 heteroatoms. The van der Waals surface area contributed by atoms with Gasteiger partial charge in [0.25, 0.3) is 5.91 Å². The van der Waals surface area contributed by atoms with Crippen LogP contribution in [0.2, 0.25) is 0 Å². The largest absolute Gasteiger partial charge is 0.481 e. The SMILES string of the molecule is CC(=O)c1cccc(O[C@@H](C)C(=O)N2CCC[C@H]2c2ccccn2)c1. The van der Waals surface area contributed by atoms with Crippen LogP contribution in [0.4, 0.5) is 0 Å². The van der Waals surface area contributed by atoms with Crippen LogP contribution < -0.4 is 4.74 Å². The van der Waals surface area contributed by atoms with Gasteiger partial charge in [0.2, 0.25) is 0 Å². The minimum absolute atomic E-state index is 0.00306.